The van der Waals surface area contributed by atoms with E-state index >= 15 is 0 Å². The van der Waals surface area contributed by atoms with Crippen molar-refractivity contribution in [2.24, 2.45) is 5.92 Å². The molecule has 1 rings (SSSR count). The van der Waals surface area contributed by atoms with Crippen LogP contribution in [0.5, 0.6) is 0 Å². The molecule has 2 atom stereocenters. The van der Waals surface area contributed by atoms with Gasteiger partial charge in [-0.15, -0.1) is 0 Å². The summed E-state index contributed by atoms with van der Waals surface area (Å²) in [4.78, 5) is 27.0. The van der Waals surface area contributed by atoms with E-state index in [1.807, 2.05) is 6.92 Å². The number of aliphatic carboxylic acids is 1. The number of carbonyl (C=O) groups is 2. The summed E-state index contributed by atoms with van der Waals surface area (Å²) in [5.41, 5.74) is 0. The van der Waals surface area contributed by atoms with Crippen molar-refractivity contribution in [2.75, 3.05) is 32.7 Å². The molecule has 0 aliphatic carbocycles. The van der Waals surface area contributed by atoms with Gasteiger partial charge in [0.25, 0.3) is 0 Å². The van der Waals surface area contributed by atoms with E-state index in [1.165, 1.54) is 0 Å². The predicted molar refractivity (Wildman–Crippen MR) is 77.7 cm³/mol. The minimum absolute atomic E-state index is 0.0626. The summed E-state index contributed by atoms with van der Waals surface area (Å²) < 4.78 is 0. The zero-order valence-corrected chi connectivity index (χ0v) is 12.8. The highest BCUT2D eigenvalue weighted by Crippen LogP contribution is 2.16. The van der Waals surface area contributed by atoms with Crippen molar-refractivity contribution in [1.82, 2.24) is 15.1 Å². The van der Waals surface area contributed by atoms with Crippen molar-refractivity contribution >= 4 is 12.0 Å². The van der Waals surface area contributed by atoms with Gasteiger partial charge in [-0.2, -0.15) is 0 Å². The molecule has 0 aromatic heterocycles. The van der Waals surface area contributed by atoms with Crippen LogP contribution in [0.2, 0.25) is 0 Å². The Kier molecular flexibility index (Phi) is 6.78. The minimum atomic E-state index is -0.807. The first kappa shape index (κ1) is 16.8. The van der Waals surface area contributed by atoms with Crippen LogP contribution < -0.4 is 5.32 Å². The molecule has 0 aromatic rings. The number of hydrogen-bond donors (Lipinski definition) is 2. The second-order valence-electron chi connectivity index (χ2n) is 5.46. The minimum Gasteiger partial charge on any atom is -0.481 e. The number of nitrogens with one attached hydrogen (secondary N) is 1. The molecule has 20 heavy (non-hydrogen) atoms. The van der Waals surface area contributed by atoms with E-state index < -0.39 is 11.9 Å². The summed E-state index contributed by atoms with van der Waals surface area (Å²) in [6, 6.07) is -0.0804. The van der Waals surface area contributed by atoms with Crippen LogP contribution in [-0.4, -0.2) is 65.7 Å². The number of hydrogen-bond acceptors (Lipinski definition) is 3. The smallest absolute Gasteiger partial charge is 0.317 e. The monoisotopic (exact) mass is 285 g/mol. The van der Waals surface area contributed by atoms with Gasteiger partial charge in [-0.05, 0) is 32.9 Å². The summed E-state index contributed by atoms with van der Waals surface area (Å²) in [7, 11) is 0. The molecule has 6 heteroatoms. The van der Waals surface area contributed by atoms with Gasteiger partial charge in [-0.3, -0.25) is 4.79 Å². The lowest BCUT2D eigenvalue weighted by atomic mass is 9.99. The topological polar surface area (TPSA) is 72.9 Å². The molecular formula is C14H27N3O3. The van der Waals surface area contributed by atoms with Crippen LogP contribution in [0.1, 0.15) is 33.6 Å². The molecule has 0 bridgehead atoms. The Balaban J connectivity index is 2.43. The Morgan fingerprint density at radius 2 is 2.05 bits per heavy atom. The van der Waals surface area contributed by atoms with Gasteiger partial charge in [0.1, 0.15) is 0 Å². The number of carbonyl (C=O) groups excluding carboxylic acids is 1. The van der Waals surface area contributed by atoms with E-state index in [-0.39, 0.29) is 12.1 Å². The van der Waals surface area contributed by atoms with Crippen LogP contribution in [0.15, 0.2) is 0 Å². The maximum absolute atomic E-state index is 12.1. The highest BCUT2D eigenvalue weighted by atomic mass is 16.4. The zero-order chi connectivity index (χ0) is 15.1. The van der Waals surface area contributed by atoms with E-state index in [9.17, 15) is 9.59 Å². The largest absolute Gasteiger partial charge is 0.481 e. The Bertz CT molecular complexity index is 332. The normalized spacial score (nSPS) is 20.8. The summed E-state index contributed by atoms with van der Waals surface area (Å²) in [6.07, 6.45) is 1.42. The molecule has 6 nitrogen and oxygen atoms in total. The Morgan fingerprint density at radius 3 is 2.60 bits per heavy atom. The number of nitrogens with zero attached hydrogens (tertiary/aromatic N) is 2. The fourth-order valence-electron chi connectivity index (χ4n) is 2.58. The Morgan fingerprint density at radius 1 is 1.40 bits per heavy atom. The third kappa shape index (κ3) is 5.00. The lowest BCUT2D eigenvalue weighted by Crippen LogP contribution is -2.51. The van der Waals surface area contributed by atoms with E-state index in [0.717, 1.165) is 26.1 Å². The van der Waals surface area contributed by atoms with Crippen LogP contribution in [-0.2, 0) is 4.79 Å². The number of piperidine rings is 1. The van der Waals surface area contributed by atoms with Gasteiger partial charge in [0.2, 0.25) is 0 Å². The second kappa shape index (κ2) is 8.09. The quantitative estimate of drug-likeness (QED) is 0.769. The van der Waals surface area contributed by atoms with Gasteiger partial charge >= 0.3 is 12.0 Å². The number of likely N-dealkylation sites (tertiary alicyclic amines) is 1. The van der Waals surface area contributed by atoms with Gasteiger partial charge in [0.15, 0.2) is 0 Å². The predicted octanol–water partition coefficient (Wildman–Crippen LogP) is 1.22. The standard InChI is InChI=1S/C14H27N3O3/c1-4-16(5-2)9-11(3)15-14(20)17-8-6-7-12(10-17)13(18)19/h11-12H,4-10H2,1-3H3,(H,15,20)(H,18,19)/t11?,12-/m1/s1. The summed E-state index contributed by atoms with van der Waals surface area (Å²) >= 11 is 0. The fourth-order valence-corrected chi connectivity index (χ4v) is 2.58. The van der Waals surface area contributed by atoms with Crippen molar-refractivity contribution in [1.29, 1.82) is 0 Å². The molecule has 1 fully saturated rings. The lowest BCUT2D eigenvalue weighted by Gasteiger charge is -2.32. The van der Waals surface area contributed by atoms with Crippen LogP contribution in [0.25, 0.3) is 0 Å². The molecule has 0 radical (unpaired) electrons. The third-order valence-corrected chi connectivity index (χ3v) is 3.85. The number of likely N-dealkylation sites (N-methyl/N-ethyl adjacent to an activating group) is 1. The fraction of sp³-hybridized carbons (Fsp3) is 0.857. The highest BCUT2D eigenvalue weighted by Gasteiger charge is 2.28. The van der Waals surface area contributed by atoms with Crippen molar-refractivity contribution < 1.29 is 14.7 Å². The first-order chi connectivity index (χ1) is 9.47. The van der Waals surface area contributed by atoms with E-state index in [4.69, 9.17) is 5.11 Å². The second-order valence-corrected chi connectivity index (χ2v) is 5.46. The maximum Gasteiger partial charge on any atom is 0.317 e. The van der Waals surface area contributed by atoms with Gasteiger partial charge < -0.3 is 20.2 Å². The van der Waals surface area contributed by atoms with Gasteiger partial charge in [-0.25, -0.2) is 4.79 Å². The molecule has 0 aromatic carbocycles. The van der Waals surface area contributed by atoms with E-state index in [2.05, 4.69) is 24.1 Å². The molecule has 0 saturated carbocycles. The van der Waals surface area contributed by atoms with Crippen LogP contribution in [0.4, 0.5) is 4.79 Å². The number of urea groups is 1. The van der Waals surface area contributed by atoms with Crippen LogP contribution in [0, 0.1) is 5.92 Å². The number of rotatable bonds is 6. The van der Waals surface area contributed by atoms with Crippen LogP contribution in [0.3, 0.4) is 0 Å². The molecule has 1 heterocycles. The Hall–Kier alpha value is -1.30. The lowest BCUT2D eigenvalue weighted by molar-refractivity contribution is -0.143. The zero-order valence-electron chi connectivity index (χ0n) is 12.8. The Labute approximate surface area is 121 Å². The molecule has 2 amide bonds. The van der Waals surface area contributed by atoms with E-state index in [1.54, 1.807) is 4.90 Å². The first-order valence-electron chi connectivity index (χ1n) is 7.48. The molecule has 1 aliphatic heterocycles. The molecule has 0 spiro atoms. The summed E-state index contributed by atoms with van der Waals surface area (Å²) in [5.74, 6) is -1.23. The molecule has 1 unspecified atom stereocenters. The van der Waals surface area contributed by atoms with Gasteiger partial charge in [0, 0.05) is 25.7 Å². The molecular weight excluding hydrogens is 258 g/mol. The number of carboxylic acids is 1. The average Bonchev–Trinajstić information content (AvgIpc) is 2.44. The maximum atomic E-state index is 12.1. The van der Waals surface area contributed by atoms with Crippen molar-refractivity contribution in [3.63, 3.8) is 0 Å². The average molecular weight is 285 g/mol. The number of carboxylic acid groups (broad SMARTS) is 1. The first-order valence-corrected chi connectivity index (χ1v) is 7.48. The SMILES string of the molecule is CCN(CC)CC(C)NC(=O)N1CCC[C@@H](C(=O)O)C1. The third-order valence-electron chi connectivity index (χ3n) is 3.85. The van der Waals surface area contributed by atoms with Crippen molar-refractivity contribution in [3.8, 4) is 0 Å². The molecule has 116 valence electrons. The molecule has 1 aliphatic rings. The van der Waals surface area contributed by atoms with Crippen LogP contribution >= 0.6 is 0 Å². The molecule has 1 saturated heterocycles. The highest BCUT2D eigenvalue weighted by molar-refractivity contribution is 5.76. The van der Waals surface area contributed by atoms with Gasteiger partial charge in [-0.1, -0.05) is 13.8 Å². The van der Waals surface area contributed by atoms with Gasteiger partial charge in [0.05, 0.1) is 5.92 Å². The number of amides is 2. The molecule has 2 N–H and O–H groups in total. The van der Waals surface area contributed by atoms with E-state index in [0.29, 0.717) is 19.5 Å². The summed E-state index contributed by atoms with van der Waals surface area (Å²) in [6.45, 7) is 9.87. The van der Waals surface area contributed by atoms with Crippen molar-refractivity contribution in [2.45, 2.75) is 39.7 Å². The van der Waals surface area contributed by atoms with Crippen molar-refractivity contribution in [3.05, 3.63) is 0 Å². The summed E-state index contributed by atoms with van der Waals surface area (Å²) in [5, 5.41) is 12.0.